The van der Waals surface area contributed by atoms with E-state index in [1.54, 1.807) is 7.11 Å². The molecule has 1 amide bonds. The lowest BCUT2D eigenvalue weighted by atomic mass is 10.2. The molecule has 0 saturated carbocycles. The molecular formula is C15H24N2O3. The predicted octanol–water partition coefficient (Wildman–Crippen LogP) is 1.71. The number of hydrogen-bond acceptors (Lipinski definition) is 4. The molecule has 112 valence electrons. The number of benzene rings is 1. The summed E-state index contributed by atoms with van der Waals surface area (Å²) in [4.78, 5) is 11.3. The van der Waals surface area contributed by atoms with Crippen LogP contribution in [-0.2, 0) is 11.3 Å². The largest absolute Gasteiger partial charge is 0.493 e. The van der Waals surface area contributed by atoms with Crippen LogP contribution in [0.5, 0.6) is 11.5 Å². The van der Waals surface area contributed by atoms with Crippen LogP contribution in [0.25, 0.3) is 0 Å². The summed E-state index contributed by atoms with van der Waals surface area (Å²) in [6.45, 7) is 6.66. The van der Waals surface area contributed by atoms with Gasteiger partial charge in [-0.05, 0) is 31.2 Å². The van der Waals surface area contributed by atoms with E-state index in [0.717, 1.165) is 18.7 Å². The lowest BCUT2D eigenvalue weighted by Crippen LogP contribution is -2.24. The van der Waals surface area contributed by atoms with Gasteiger partial charge >= 0.3 is 0 Å². The van der Waals surface area contributed by atoms with Gasteiger partial charge in [0.2, 0.25) is 5.91 Å². The van der Waals surface area contributed by atoms with Crippen LogP contribution in [0.15, 0.2) is 18.2 Å². The number of carbonyl (C=O) groups excluding carboxylic acids is 1. The van der Waals surface area contributed by atoms with E-state index in [-0.39, 0.29) is 5.91 Å². The zero-order valence-electron chi connectivity index (χ0n) is 12.5. The third-order valence-corrected chi connectivity index (χ3v) is 2.77. The first-order valence-electron chi connectivity index (χ1n) is 6.98. The Bertz CT molecular complexity index is 422. The number of nitrogens with one attached hydrogen (secondary N) is 2. The second-order valence-electron chi connectivity index (χ2n) is 4.32. The van der Waals surface area contributed by atoms with Gasteiger partial charge in [-0.3, -0.25) is 4.79 Å². The van der Waals surface area contributed by atoms with Crippen molar-refractivity contribution >= 4 is 5.91 Å². The summed E-state index contributed by atoms with van der Waals surface area (Å²) in [6.07, 6.45) is 0.343. The van der Waals surface area contributed by atoms with Crippen molar-refractivity contribution < 1.29 is 14.3 Å². The fourth-order valence-corrected chi connectivity index (χ4v) is 1.75. The van der Waals surface area contributed by atoms with E-state index in [4.69, 9.17) is 9.47 Å². The van der Waals surface area contributed by atoms with Crippen molar-refractivity contribution in [3.8, 4) is 11.5 Å². The molecule has 0 atom stereocenters. The molecule has 0 fully saturated rings. The van der Waals surface area contributed by atoms with Crippen LogP contribution in [0.2, 0.25) is 0 Å². The first kappa shape index (κ1) is 16.3. The molecule has 0 aliphatic carbocycles. The summed E-state index contributed by atoms with van der Waals surface area (Å²) in [5.41, 5.74) is 1.14. The lowest BCUT2D eigenvalue weighted by molar-refractivity contribution is -0.121. The van der Waals surface area contributed by atoms with E-state index in [1.807, 2.05) is 25.1 Å². The normalized spacial score (nSPS) is 10.2. The molecule has 1 aromatic carbocycles. The van der Waals surface area contributed by atoms with E-state index >= 15 is 0 Å². The number of ether oxygens (including phenoxy) is 2. The van der Waals surface area contributed by atoms with Crippen molar-refractivity contribution in [3.05, 3.63) is 23.8 Å². The molecule has 0 spiro atoms. The van der Waals surface area contributed by atoms with Crippen LogP contribution >= 0.6 is 0 Å². The molecule has 2 N–H and O–H groups in total. The third-order valence-electron chi connectivity index (χ3n) is 2.77. The molecule has 1 aromatic rings. The Hall–Kier alpha value is -1.75. The zero-order chi connectivity index (χ0) is 14.8. The predicted molar refractivity (Wildman–Crippen MR) is 79.2 cm³/mol. The van der Waals surface area contributed by atoms with Crippen molar-refractivity contribution in [1.82, 2.24) is 10.6 Å². The molecule has 0 heterocycles. The van der Waals surface area contributed by atoms with Crippen LogP contribution in [0, 0.1) is 0 Å². The van der Waals surface area contributed by atoms with Gasteiger partial charge in [0.05, 0.1) is 20.1 Å². The highest BCUT2D eigenvalue weighted by molar-refractivity contribution is 5.75. The first-order chi connectivity index (χ1) is 9.71. The summed E-state index contributed by atoms with van der Waals surface area (Å²) in [5.74, 6) is 1.35. The third kappa shape index (κ3) is 5.48. The van der Waals surface area contributed by atoms with Crippen LogP contribution in [-0.4, -0.2) is 32.7 Å². The molecule has 1 rings (SSSR count). The second-order valence-corrected chi connectivity index (χ2v) is 4.32. The topological polar surface area (TPSA) is 59.6 Å². The minimum absolute atomic E-state index is 0.00441. The number of methoxy groups -OCH3 is 1. The molecule has 0 radical (unpaired) electrons. The summed E-state index contributed by atoms with van der Waals surface area (Å²) in [7, 11) is 1.61. The van der Waals surface area contributed by atoms with Crippen molar-refractivity contribution in [2.24, 2.45) is 0 Å². The van der Waals surface area contributed by atoms with Gasteiger partial charge in [0.1, 0.15) is 0 Å². The molecule has 0 aromatic heterocycles. The van der Waals surface area contributed by atoms with Crippen LogP contribution < -0.4 is 20.1 Å². The maximum Gasteiger partial charge on any atom is 0.223 e. The monoisotopic (exact) mass is 280 g/mol. The molecule has 0 unspecified atom stereocenters. The minimum atomic E-state index is -0.00441. The van der Waals surface area contributed by atoms with Gasteiger partial charge in [-0.1, -0.05) is 13.0 Å². The van der Waals surface area contributed by atoms with Gasteiger partial charge in [-0.2, -0.15) is 0 Å². The van der Waals surface area contributed by atoms with Gasteiger partial charge in [0.25, 0.3) is 0 Å². The van der Waals surface area contributed by atoms with E-state index < -0.39 is 0 Å². The van der Waals surface area contributed by atoms with Gasteiger partial charge in [0.15, 0.2) is 11.5 Å². The zero-order valence-corrected chi connectivity index (χ0v) is 12.5. The van der Waals surface area contributed by atoms with E-state index in [2.05, 4.69) is 17.6 Å². The Morgan fingerprint density at radius 2 is 2.00 bits per heavy atom. The number of hydrogen-bond donors (Lipinski definition) is 2. The average Bonchev–Trinajstić information content (AvgIpc) is 2.46. The minimum Gasteiger partial charge on any atom is -0.493 e. The Balaban J connectivity index is 2.54. The maximum atomic E-state index is 11.3. The highest BCUT2D eigenvalue weighted by Crippen LogP contribution is 2.28. The number of rotatable bonds is 9. The summed E-state index contributed by atoms with van der Waals surface area (Å²) < 4.78 is 10.9. The summed E-state index contributed by atoms with van der Waals surface area (Å²) in [5, 5.41) is 5.99. The molecule has 0 aliphatic heterocycles. The van der Waals surface area contributed by atoms with Crippen LogP contribution in [0.4, 0.5) is 0 Å². The fraction of sp³-hybridized carbons (Fsp3) is 0.533. The molecule has 5 heteroatoms. The SMILES string of the molecule is CCNCc1ccc(OCCC(=O)NCC)c(OC)c1. The maximum absolute atomic E-state index is 11.3. The Morgan fingerprint density at radius 3 is 2.65 bits per heavy atom. The van der Waals surface area contributed by atoms with Gasteiger partial charge in [0, 0.05) is 13.1 Å². The smallest absolute Gasteiger partial charge is 0.223 e. The van der Waals surface area contributed by atoms with Crippen molar-refractivity contribution in [3.63, 3.8) is 0 Å². The second kappa shape index (κ2) is 9.20. The number of amides is 1. The van der Waals surface area contributed by atoms with Gasteiger partial charge < -0.3 is 20.1 Å². The molecular weight excluding hydrogens is 256 g/mol. The average molecular weight is 280 g/mol. The van der Waals surface area contributed by atoms with E-state index in [9.17, 15) is 4.79 Å². The van der Waals surface area contributed by atoms with Gasteiger partial charge in [-0.15, -0.1) is 0 Å². The highest BCUT2D eigenvalue weighted by atomic mass is 16.5. The first-order valence-corrected chi connectivity index (χ1v) is 6.98. The van der Waals surface area contributed by atoms with Crippen LogP contribution in [0.1, 0.15) is 25.8 Å². The van der Waals surface area contributed by atoms with Crippen LogP contribution in [0.3, 0.4) is 0 Å². The lowest BCUT2D eigenvalue weighted by Gasteiger charge is -2.12. The fourth-order valence-electron chi connectivity index (χ4n) is 1.75. The van der Waals surface area contributed by atoms with E-state index in [0.29, 0.717) is 31.1 Å². The quantitative estimate of drug-likeness (QED) is 0.723. The Kier molecular flexibility index (Phi) is 7.50. The van der Waals surface area contributed by atoms with Crippen molar-refractivity contribution in [2.45, 2.75) is 26.8 Å². The number of carbonyl (C=O) groups is 1. The summed E-state index contributed by atoms with van der Waals surface area (Å²) >= 11 is 0. The highest BCUT2D eigenvalue weighted by Gasteiger charge is 2.07. The molecule has 0 saturated heterocycles. The standard InChI is InChI=1S/C15H24N2O3/c1-4-16-11-12-6-7-13(14(10-12)19-3)20-9-8-15(18)17-5-2/h6-7,10,16H,4-5,8-9,11H2,1-3H3,(H,17,18). The van der Waals surface area contributed by atoms with Crippen molar-refractivity contribution in [2.75, 3.05) is 26.8 Å². The molecule has 0 aliphatic rings. The Morgan fingerprint density at radius 1 is 1.20 bits per heavy atom. The summed E-state index contributed by atoms with van der Waals surface area (Å²) in [6, 6.07) is 5.82. The molecule has 0 bridgehead atoms. The van der Waals surface area contributed by atoms with E-state index in [1.165, 1.54) is 0 Å². The molecule has 20 heavy (non-hydrogen) atoms. The molecule has 5 nitrogen and oxygen atoms in total. The van der Waals surface area contributed by atoms with Crippen molar-refractivity contribution in [1.29, 1.82) is 0 Å². The van der Waals surface area contributed by atoms with Gasteiger partial charge in [-0.25, -0.2) is 0 Å². The Labute approximate surface area is 120 Å².